The van der Waals surface area contributed by atoms with Gasteiger partial charge in [0.05, 0.1) is 16.8 Å². The Labute approximate surface area is 193 Å². The number of rotatable bonds is 9. The van der Waals surface area contributed by atoms with Gasteiger partial charge in [-0.15, -0.1) is 11.3 Å². The first-order chi connectivity index (χ1) is 16.0. The van der Waals surface area contributed by atoms with Crippen LogP contribution in [-0.4, -0.2) is 45.4 Å². The van der Waals surface area contributed by atoms with Crippen molar-refractivity contribution in [1.82, 2.24) is 20.0 Å². The molecule has 0 atom stereocenters. The molecule has 0 aliphatic heterocycles. The van der Waals surface area contributed by atoms with Crippen LogP contribution < -0.4 is 10.7 Å². The summed E-state index contributed by atoms with van der Waals surface area (Å²) in [5.41, 5.74) is 1.63. The molecule has 9 nitrogen and oxygen atoms in total. The molecule has 0 fully saturated rings. The summed E-state index contributed by atoms with van der Waals surface area (Å²) in [6.07, 6.45) is 0.468. The van der Waals surface area contributed by atoms with Crippen molar-refractivity contribution >= 4 is 39.1 Å². The summed E-state index contributed by atoms with van der Waals surface area (Å²) in [7, 11) is 1.72. The van der Waals surface area contributed by atoms with Crippen molar-refractivity contribution in [3.8, 4) is 0 Å². The van der Waals surface area contributed by atoms with E-state index in [4.69, 9.17) is 0 Å². The fourth-order valence-corrected chi connectivity index (χ4v) is 4.43. The van der Waals surface area contributed by atoms with Crippen LogP contribution in [-0.2, 0) is 22.6 Å². The number of aromatic amines is 1. The van der Waals surface area contributed by atoms with E-state index in [0.29, 0.717) is 31.0 Å². The molecule has 0 bridgehead atoms. The maximum Gasteiger partial charge on any atom is 0.438 e. The van der Waals surface area contributed by atoms with Gasteiger partial charge < -0.3 is 9.80 Å². The highest BCUT2D eigenvalue weighted by Gasteiger charge is 2.19. The highest BCUT2D eigenvalue weighted by Crippen LogP contribution is 2.22. The minimum atomic E-state index is -0.635. The lowest BCUT2D eigenvalue weighted by atomic mass is 10.2. The van der Waals surface area contributed by atoms with Crippen LogP contribution in [0.2, 0.25) is 0 Å². The minimum absolute atomic E-state index is 0.0627. The summed E-state index contributed by atoms with van der Waals surface area (Å²) in [6, 6.07) is 17.0. The second-order valence-corrected chi connectivity index (χ2v) is 8.61. The Morgan fingerprint density at radius 3 is 2.48 bits per heavy atom. The zero-order valence-electron chi connectivity index (χ0n) is 18.1. The van der Waals surface area contributed by atoms with Crippen molar-refractivity contribution in [1.29, 1.82) is 0 Å². The highest BCUT2D eigenvalue weighted by molar-refractivity contribution is 7.18. The molecule has 1 N–H and O–H groups in total. The van der Waals surface area contributed by atoms with E-state index in [2.05, 4.69) is 19.6 Å². The zero-order valence-corrected chi connectivity index (χ0v) is 18.9. The standard InChI is InChI=1S/C23H23N5O4S/c1-27(15-20-24-17-9-5-6-10-18(17)33-20)21(29)11-12-22(30)28(16-7-3-2-4-8-16)14-13-19-25-23(31)32-26-19/h2-10H,11-15H2,1H3,(H,25,26,31). The number of amides is 2. The Hall–Kier alpha value is -3.79. The lowest BCUT2D eigenvalue weighted by Gasteiger charge is -2.23. The summed E-state index contributed by atoms with van der Waals surface area (Å²) in [4.78, 5) is 47.1. The Kier molecular flexibility index (Phi) is 6.94. The lowest BCUT2D eigenvalue weighted by Crippen LogP contribution is -2.34. The van der Waals surface area contributed by atoms with Crippen LogP contribution >= 0.6 is 11.3 Å². The Balaban J connectivity index is 1.36. The van der Waals surface area contributed by atoms with Gasteiger partial charge in [0.2, 0.25) is 11.8 Å². The number of anilines is 1. The van der Waals surface area contributed by atoms with Crippen molar-refractivity contribution in [2.24, 2.45) is 0 Å². The smallest absolute Gasteiger partial charge is 0.339 e. The van der Waals surface area contributed by atoms with Crippen LogP contribution in [0.5, 0.6) is 0 Å². The summed E-state index contributed by atoms with van der Waals surface area (Å²) >= 11 is 1.56. The largest absolute Gasteiger partial charge is 0.438 e. The predicted octanol–water partition coefficient (Wildman–Crippen LogP) is 2.99. The van der Waals surface area contributed by atoms with Gasteiger partial charge in [-0.05, 0) is 24.3 Å². The first kappa shape index (κ1) is 22.4. The van der Waals surface area contributed by atoms with Gasteiger partial charge in [0.25, 0.3) is 0 Å². The molecule has 33 heavy (non-hydrogen) atoms. The van der Waals surface area contributed by atoms with Gasteiger partial charge in [-0.1, -0.05) is 35.5 Å². The molecule has 0 unspecified atom stereocenters. The van der Waals surface area contributed by atoms with E-state index in [1.54, 1.807) is 28.2 Å². The average Bonchev–Trinajstić information content (AvgIpc) is 3.43. The third-order valence-electron chi connectivity index (χ3n) is 5.12. The summed E-state index contributed by atoms with van der Waals surface area (Å²) in [5.74, 6) is -0.588. The first-order valence-electron chi connectivity index (χ1n) is 10.5. The van der Waals surface area contributed by atoms with Gasteiger partial charge in [-0.2, -0.15) is 0 Å². The molecule has 0 aliphatic carbocycles. The molecular weight excluding hydrogens is 442 g/mol. The Morgan fingerprint density at radius 1 is 1.03 bits per heavy atom. The molecular formula is C23H23N5O4S. The number of nitrogens with one attached hydrogen (secondary N) is 1. The zero-order chi connectivity index (χ0) is 23.2. The molecule has 4 rings (SSSR count). The molecule has 10 heteroatoms. The van der Waals surface area contributed by atoms with Crippen LogP contribution in [0.3, 0.4) is 0 Å². The van der Waals surface area contributed by atoms with Crippen molar-refractivity contribution in [3.05, 3.63) is 76.0 Å². The van der Waals surface area contributed by atoms with Crippen LogP contribution in [0.1, 0.15) is 23.7 Å². The first-order valence-corrected chi connectivity index (χ1v) is 11.3. The van der Waals surface area contributed by atoms with Gasteiger partial charge in [0.1, 0.15) is 5.01 Å². The number of carbonyl (C=O) groups excluding carboxylic acids is 2. The molecule has 170 valence electrons. The van der Waals surface area contributed by atoms with Crippen LogP contribution in [0, 0.1) is 0 Å². The van der Waals surface area contributed by atoms with Gasteiger partial charge >= 0.3 is 5.76 Å². The van der Waals surface area contributed by atoms with E-state index in [1.165, 1.54) is 0 Å². The number of nitrogens with zero attached hydrogens (tertiary/aromatic N) is 4. The number of aromatic nitrogens is 3. The SMILES string of the molecule is CN(Cc1nc2ccccc2s1)C(=O)CCC(=O)N(CCc1noc(=O)[nH]1)c1ccccc1. The van der Waals surface area contributed by atoms with Crippen LogP contribution in [0.4, 0.5) is 5.69 Å². The second kappa shape index (κ2) is 10.2. The van der Waals surface area contributed by atoms with Gasteiger partial charge in [0.15, 0.2) is 5.82 Å². The lowest BCUT2D eigenvalue weighted by molar-refractivity contribution is -0.132. The number of hydrogen-bond acceptors (Lipinski definition) is 7. The number of carbonyl (C=O) groups is 2. The molecule has 0 saturated carbocycles. The van der Waals surface area contributed by atoms with Crippen LogP contribution in [0.15, 0.2) is 63.9 Å². The molecule has 0 radical (unpaired) electrons. The maximum atomic E-state index is 13.0. The Morgan fingerprint density at radius 2 is 1.76 bits per heavy atom. The average molecular weight is 466 g/mol. The topological polar surface area (TPSA) is 112 Å². The number of fused-ring (bicyclic) bond motifs is 1. The number of thiazole rings is 1. The van der Waals surface area contributed by atoms with Gasteiger partial charge in [0, 0.05) is 38.5 Å². The maximum absolute atomic E-state index is 13.0. The quantitative estimate of drug-likeness (QED) is 0.407. The normalized spacial score (nSPS) is 10.9. The van der Waals surface area contributed by atoms with E-state index in [9.17, 15) is 14.4 Å². The Bertz CT molecular complexity index is 1260. The highest BCUT2D eigenvalue weighted by atomic mass is 32.1. The molecule has 0 spiro atoms. The fourth-order valence-electron chi connectivity index (χ4n) is 3.41. The molecule has 0 aliphatic rings. The van der Waals surface area contributed by atoms with E-state index in [-0.39, 0.29) is 24.7 Å². The number of para-hydroxylation sites is 2. The molecule has 2 heterocycles. The molecule has 4 aromatic rings. The van der Waals surface area contributed by atoms with E-state index >= 15 is 0 Å². The molecule has 2 amide bonds. The van der Waals surface area contributed by atoms with Crippen molar-refractivity contribution in [2.45, 2.75) is 25.8 Å². The third-order valence-corrected chi connectivity index (χ3v) is 6.14. The van der Waals surface area contributed by atoms with E-state index < -0.39 is 5.76 Å². The van der Waals surface area contributed by atoms with Crippen LogP contribution in [0.25, 0.3) is 10.2 Å². The van der Waals surface area contributed by atoms with E-state index in [0.717, 1.165) is 15.2 Å². The second-order valence-electron chi connectivity index (χ2n) is 7.50. The fraction of sp³-hybridized carbons (Fsp3) is 0.261. The number of hydrogen-bond donors (Lipinski definition) is 1. The number of H-pyrrole nitrogens is 1. The monoisotopic (exact) mass is 465 g/mol. The summed E-state index contributed by atoms with van der Waals surface area (Å²) in [5, 5.41) is 4.50. The van der Waals surface area contributed by atoms with Crippen molar-refractivity contribution < 1.29 is 14.1 Å². The molecule has 0 saturated heterocycles. The number of benzene rings is 2. The minimum Gasteiger partial charge on any atom is -0.339 e. The molecule has 2 aromatic carbocycles. The third kappa shape index (κ3) is 5.72. The van der Waals surface area contributed by atoms with Crippen molar-refractivity contribution in [2.75, 3.05) is 18.5 Å². The molecule has 2 aromatic heterocycles. The predicted molar refractivity (Wildman–Crippen MR) is 125 cm³/mol. The van der Waals surface area contributed by atoms with Gasteiger partial charge in [-0.25, -0.2) is 9.78 Å². The van der Waals surface area contributed by atoms with Crippen molar-refractivity contribution in [3.63, 3.8) is 0 Å². The van der Waals surface area contributed by atoms with E-state index in [1.807, 2.05) is 54.6 Å². The van der Waals surface area contributed by atoms with Gasteiger partial charge in [-0.3, -0.25) is 19.1 Å². The summed E-state index contributed by atoms with van der Waals surface area (Å²) < 4.78 is 5.60. The summed E-state index contributed by atoms with van der Waals surface area (Å²) in [6.45, 7) is 0.690.